The molecule has 1 amide bonds. The van der Waals surface area contributed by atoms with Crippen molar-refractivity contribution in [2.24, 2.45) is 0 Å². The van der Waals surface area contributed by atoms with Crippen LogP contribution in [0.3, 0.4) is 0 Å². The van der Waals surface area contributed by atoms with E-state index in [4.69, 9.17) is 27.9 Å². The Kier molecular flexibility index (Phi) is 6.01. The average Bonchev–Trinajstić information content (AvgIpc) is 2.57. The Balaban J connectivity index is 2.18. The molecule has 8 heteroatoms. The van der Waals surface area contributed by atoms with Gasteiger partial charge in [-0.25, -0.2) is 0 Å². The second-order valence-corrected chi connectivity index (χ2v) is 5.91. The lowest BCUT2D eigenvalue weighted by atomic mass is 10.2. The van der Waals surface area contributed by atoms with Crippen LogP contribution in [0.1, 0.15) is 11.1 Å². The summed E-state index contributed by atoms with van der Waals surface area (Å²) in [5.74, 6) is 0.0112. The second-order valence-electron chi connectivity index (χ2n) is 5.09. The summed E-state index contributed by atoms with van der Waals surface area (Å²) in [5, 5.41) is 14.1. The van der Waals surface area contributed by atoms with E-state index >= 15 is 0 Å². The molecular formula is C17H14Cl2N2O4. The van der Waals surface area contributed by atoms with Crippen molar-refractivity contribution < 1.29 is 14.5 Å². The number of carbonyl (C=O) groups is 1. The maximum absolute atomic E-state index is 12.1. The first-order valence-electron chi connectivity index (χ1n) is 7.09. The standard InChI is InChI=1S/C17H14Cl2N2O4/c1-10-7-14(16(25-2)9-13(10)19)20-17(22)6-4-11-3-5-12(18)15(8-11)21(23)24/h3-9H,1-2H3,(H,20,22)/b6-4+. The zero-order valence-corrected chi connectivity index (χ0v) is 14.9. The summed E-state index contributed by atoms with van der Waals surface area (Å²) in [5.41, 5.74) is 1.51. The second kappa shape index (κ2) is 8.00. The molecule has 0 saturated heterocycles. The predicted octanol–water partition coefficient (Wildman–Crippen LogP) is 4.87. The molecule has 0 bridgehead atoms. The van der Waals surface area contributed by atoms with E-state index in [0.29, 0.717) is 22.0 Å². The Hall–Kier alpha value is -2.57. The number of nitrogens with one attached hydrogen (secondary N) is 1. The van der Waals surface area contributed by atoms with E-state index in [-0.39, 0.29) is 10.7 Å². The van der Waals surface area contributed by atoms with Crippen molar-refractivity contribution >= 4 is 46.6 Å². The molecule has 25 heavy (non-hydrogen) atoms. The van der Waals surface area contributed by atoms with E-state index in [0.717, 1.165) is 5.56 Å². The van der Waals surface area contributed by atoms with Gasteiger partial charge in [0.15, 0.2) is 0 Å². The quantitative estimate of drug-likeness (QED) is 0.455. The predicted molar refractivity (Wildman–Crippen MR) is 98.5 cm³/mol. The summed E-state index contributed by atoms with van der Waals surface area (Å²) in [6.45, 7) is 1.81. The maximum atomic E-state index is 12.1. The molecule has 2 aromatic carbocycles. The van der Waals surface area contributed by atoms with E-state index in [2.05, 4.69) is 5.32 Å². The number of nitrogens with zero attached hydrogens (tertiary/aromatic N) is 1. The van der Waals surface area contributed by atoms with E-state index in [1.165, 1.54) is 31.4 Å². The smallest absolute Gasteiger partial charge is 0.288 e. The first kappa shape index (κ1) is 18.8. The van der Waals surface area contributed by atoms with Gasteiger partial charge in [-0.3, -0.25) is 14.9 Å². The van der Waals surface area contributed by atoms with Crippen LogP contribution >= 0.6 is 23.2 Å². The van der Waals surface area contributed by atoms with Crippen molar-refractivity contribution in [3.8, 4) is 5.75 Å². The molecular weight excluding hydrogens is 367 g/mol. The van der Waals surface area contributed by atoms with Crippen LogP contribution in [-0.4, -0.2) is 17.9 Å². The lowest BCUT2D eigenvalue weighted by molar-refractivity contribution is -0.384. The minimum atomic E-state index is -0.582. The van der Waals surface area contributed by atoms with Crippen molar-refractivity contribution in [3.05, 3.63) is 67.7 Å². The highest BCUT2D eigenvalue weighted by Crippen LogP contribution is 2.31. The van der Waals surface area contributed by atoms with Gasteiger partial charge in [0.25, 0.3) is 5.69 Å². The normalized spacial score (nSPS) is 10.7. The van der Waals surface area contributed by atoms with Gasteiger partial charge in [-0.05, 0) is 36.3 Å². The van der Waals surface area contributed by atoms with Crippen LogP contribution in [0.15, 0.2) is 36.4 Å². The number of nitro benzene ring substituents is 1. The van der Waals surface area contributed by atoms with Gasteiger partial charge in [-0.2, -0.15) is 0 Å². The lowest BCUT2D eigenvalue weighted by Gasteiger charge is -2.11. The summed E-state index contributed by atoms with van der Waals surface area (Å²) in [6.07, 6.45) is 2.71. The van der Waals surface area contributed by atoms with Crippen molar-refractivity contribution in [1.29, 1.82) is 0 Å². The van der Waals surface area contributed by atoms with Gasteiger partial charge in [0.1, 0.15) is 10.8 Å². The molecule has 0 aliphatic rings. The van der Waals surface area contributed by atoms with Crippen molar-refractivity contribution in [3.63, 3.8) is 0 Å². The number of ether oxygens (including phenoxy) is 1. The number of anilines is 1. The van der Waals surface area contributed by atoms with Crippen LogP contribution in [0.5, 0.6) is 5.75 Å². The van der Waals surface area contributed by atoms with Crippen LogP contribution < -0.4 is 10.1 Å². The van der Waals surface area contributed by atoms with Crippen LogP contribution in [0, 0.1) is 17.0 Å². The Morgan fingerprint density at radius 3 is 2.60 bits per heavy atom. The summed E-state index contributed by atoms with van der Waals surface area (Å²) in [7, 11) is 1.47. The molecule has 0 fully saturated rings. The number of methoxy groups -OCH3 is 1. The van der Waals surface area contributed by atoms with Gasteiger partial charge >= 0.3 is 0 Å². The van der Waals surface area contributed by atoms with Gasteiger partial charge in [-0.1, -0.05) is 29.3 Å². The third-order valence-electron chi connectivity index (χ3n) is 3.33. The van der Waals surface area contributed by atoms with Crippen LogP contribution in [-0.2, 0) is 4.79 Å². The van der Waals surface area contributed by atoms with E-state index < -0.39 is 10.8 Å². The molecule has 6 nitrogen and oxygen atoms in total. The topological polar surface area (TPSA) is 81.5 Å². The fraction of sp³-hybridized carbons (Fsp3) is 0.118. The number of amides is 1. The maximum Gasteiger partial charge on any atom is 0.288 e. The van der Waals surface area contributed by atoms with E-state index in [1.54, 1.807) is 25.1 Å². The molecule has 0 saturated carbocycles. The van der Waals surface area contributed by atoms with E-state index in [9.17, 15) is 14.9 Å². The van der Waals surface area contributed by atoms with Gasteiger partial charge < -0.3 is 10.1 Å². The number of halogens is 2. The number of rotatable bonds is 5. The molecule has 1 N–H and O–H groups in total. The third kappa shape index (κ3) is 4.71. The number of aryl methyl sites for hydroxylation is 1. The Morgan fingerprint density at radius 2 is 1.96 bits per heavy atom. The molecule has 2 aromatic rings. The summed E-state index contributed by atoms with van der Waals surface area (Å²) in [4.78, 5) is 22.4. The first-order chi connectivity index (χ1) is 11.8. The van der Waals surface area contributed by atoms with Gasteiger partial charge in [0, 0.05) is 23.2 Å². The Morgan fingerprint density at radius 1 is 1.24 bits per heavy atom. The number of nitro groups is 1. The zero-order valence-electron chi connectivity index (χ0n) is 13.4. The number of carbonyl (C=O) groups excluding carboxylic acids is 1. The van der Waals surface area contributed by atoms with Gasteiger partial charge in [-0.15, -0.1) is 0 Å². The van der Waals surface area contributed by atoms with Gasteiger partial charge in [0.05, 0.1) is 17.7 Å². The molecule has 0 heterocycles. The molecule has 0 aliphatic carbocycles. The number of benzene rings is 2. The summed E-state index contributed by atoms with van der Waals surface area (Å²) >= 11 is 11.8. The fourth-order valence-electron chi connectivity index (χ4n) is 2.05. The first-order valence-corrected chi connectivity index (χ1v) is 7.84. The molecule has 0 aromatic heterocycles. The Labute approximate surface area is 154 Å². The third-order valence-corrected chi connectivity index (χ3v) is 4.06. The minimum Gasteiger partial charge on any atom is -0.495 e. The number of hydrogen-bond acceptors (Lipinski definition) is 4. The molecule has 130 valence electrons. The largest absolute Gasteiger partial charge is 0.495 e. The molecule has 0 radical (unpaired) electrons. The highest BCUT2D eigenvalue weighted by atomic mass is 35.5. The fourth-order valence-corrected chi connectivity index (χ4v) is 2.39. The molecule has 2 rings (SSSR count). The lowest BCUT2D eigenvalue weighted by Crippen LogP contribution is -2.09. The molecule has 0 aliphatic heterocycles. The van der Waals surface area contributed by atoms with Crippen LogP contribution in [0.2, 0.25) is 10.0 Å². The number of hydrogen-bond donors (Lipinski definition) is 1. The van der Waals surface area contributed by atoms with Gasteiger partial charge in [0.2, 0.25) is 5.91 Å². The minimum absolute atomic E-state index is 0.0352. The molecule has 0 atom stereocenters. The van der Waals surface area contributed by atoms with Crippen molar-refractivity contribution in [2.75, 3.05) is 12.4 Å². The van der Waals surface area contributed by atoms with Crippen LogP contribution in [0.4, 0.5) is 11.4 Å². The SMILES string of the molecule is COc1cc(Cl)c(C)cc1NC(=O)/C=C/c1ccc(Cl)c([N+](=O)[O-])c1. The summed E-state index contributed by atoms with van der Waals surface area (Å²) in [6, 6.07) is 7.58. The van der Waals surface area contributed by atoms with Crippen LogP contribution in [0.25, 0.3) is 6.08 Å². The summed E-state index contributed by atoms with van der Waals surface area (Å²) < 4.78 is 5.19. The monoisotopic (exact) mass is 380 g/mol. The Bertz CT molecular complexity index is 866. The molecule has 0 spiro atoms. The van der Waals surface area contributed by atoms with Crippen molar-refractivity contribution in [2.45, 2.75) is 6.92 Å². The highest BCUT2D eigenvalue weighted by Gasteiger charge is 2.12. The van der Waals surface area contributed by atoms with Crippen molar-refractivity contribution in [1.82, 2.24) is 0 Å². The van der Waals surface area contributed by atoms with E-state index in [1.807, 2.05) is 0 Å². The average molecular weight is 381 g/mol. The highest BCUT2D eigenvalue weighted by molar-refractivity contribution is 6.32. The zero-order chi connectivity index (χ0) is 18.6. The molecule has 0 unspecified atom stereocenters.